The van der Waals surface area contributed by atoms with E-state index in [0.717, 1.165) is 32.1 Å². The van der Waals surface area contributed by atoms with Gasteiger partial charge in [0.1, 0.15) is 5.60 Å². The second-order valence-electron chi connectivity index (χ2n) is 8.57. The molecule has 0 aliphatic heterocycles. The Bertz CT molecular complexity index is 474. The summed E-state index contributed by atoms with van der Waals surface area (Å²) in [5.41, 5.74) is -0.587. The molecule has 0 amide bonds. The van der Waals surface area contributed by atoms with Crippen molar-refractivity contribution < 1.29 is 14.6 Å². The van der Waals surface area contributed by atoms with Crippen molar-refractivity contribution in [2.45, 2.75) is 71.0 Å². The van der Waals surface area contributed by atoms with E-state index < -0.39 is 11.2 Å². The van der Waals surface area contributed by atoms with Crippen molar-refractivity contribution in [3.8, 4) is 0 Å². The Morgan fingerprint density at radius 1 is 1.15 bits per heavy atom. The third-order valence-corrected chi connectivity index (χ3v) is 6.01. The van der Waals surface area contributed by atoms with Crippen LogP contribution in [0.2, 0.25) is 0 Å². The number of carbonyl (C=O) groups excluding carboxylic acids is 1. The van der Waals surface area contributed by atoms with Gasteiger partial charge in [-0.05, 0) is 49.9 Å². The van der Waals surface area contributed by atoms with Crippen molar-refractivity contribution in [1.82, 2.24) is 0 Å². The minimum Gasteiger partial charge on any atom is -0.455 e. The number of esters is 1. The van der Waals surface area contributed by atoms with Gasteiger partial charge in [0, 0.05) is 11.5 Å². The molecule has 3 atom stereocenters. The van der Waals surface area contributed by atoms with Crippen molar-refractivity contribution in [2.75, 3.05) is 0 Å². The first-order chi connectivity index (χ1) is 9.02. The fraction of sp³-hybridized carbons (Fsp3) is 0.824. The highest BCUT2D eigenvalue weighted by Crippen LogP contribution is 2.70. The second kappa shape index (κ2) is 3.68. The summed E-state index contributed by atoms with van der Waals surface area (Å²) in [6.45, 7) is 11.9. The summed E-state index contributed by atoms with van der Waals surface area (Å²) >= 11 is 0. The average Bonchev–Trinajstić information content (AvgIpc) is 2.21. The third kappa shape index (κ3) is 1.78. The van der Waals surface area contributed by atoms with Crippen LogP contribution in [0.4, 0.5) is 0 Å². The van der Waals surface area contributed by atoms with Crippen LogP contribution in [-0.4, -0.2) is 22.3 Å². The predicted molar refractivity (Wildman–Crippen MR) is 77.0 cm³/mol. The molecule has 4 saturated carbocycles. The van der Waals surface area contributed by atoms with Crippen molar-refractivity contribution >= 4 is 5.97 Å². The highest BCUT2D eigenvalue weighted by Gasteiger charge is 2.70. The summed E-state index contributed by atoms with van der Waals surface area (Å²) in [4.78, 5) is 12.1. The van der Waals surface area contributed by atoms with Gasteiger partial charge in [-0.2, -0.15) is 0 Å². The Labute approximate surface area is 121 Å². The molecular weight excluding hydrogens is 252 g/mol. The van der Waals surface area contributed by atoms with Crippen LogP contribution in [0.15, 0.2) is 12.2 Å². The summed E-state index contributed by atoms with van der Waals surface area (Å²) < 4.78 is 5.92. The van der Waals surface area contributed by atoms with Crippen molar-refractivity contribution in [3.63, 3.8) is 0 Å². The molecular formula is C17H26O3. The lowest BCUT2D eigenvalue weighted by atomic mass is 9.39. The minimum atomic E-state index is -0.687. The van der Waals surface area contributed by atoms with Crippen LogP contribution in [0.3, 0.4) is 0 Å². The Morgan fingerprint density at radius 2 is 1.65 bits per heavy atom. The van der Waals surface area contributed by atoms with Gasteiger partial charge in [0.15, 0.2) is 0 Å². The molecule has 0 radical (unpaired) electrons. The zero-order valence-electron chi connectivity index (χ0n) is 13.1. The first-order valence-electron chi connectivity index (χ1n) is 7.63. The van der Waals surface area contributed by atoms with Crippen molar-refractivity contribution in [1.29, 1.82) is 0 Å². The number of rotatable bonds is 2. The molecule has 1 N–H and O–H groups in total. The molecule has 4 fully saturated rings. The molecule has 3 unspecified atom stereocenters. The maximum atomic E-state index is 12.1. The van der Waals surface area contributed by atoms with E-state index in [0.29, 0.717) is 5.57 Å². The molecule has 112 valence electrons. The molecule has 3 nitrogen and oxygen atoms in total. The predicted octanol–water partition coefficient (Wildman–Crippen LogP) is 3.22. The van der Waals surface area contributed by atoms with Gasteiger partial charge in [0.05, 0.1) is 5.60 Å². The number of ether oxygens (including phenoxy) is 1. The van der Waals surface area contributed by atoms with E-state index in [4.69, 9.17) is 4.74 Å². The fourth-order valence-electron chi connectivity index (χ4n) is 5.99. The molecule has 4 aliphatic carbocycles. The van der Waals surface area contributed by atoms with Gasteiger partial charge in [-0.25, -0.2) is 4.79 Å². The zero-order valence-corrected chi connectivity index (χ0v) is 13.1. The van der Waals surface area contributed by atoms with Crippen LogP contribution >= 0.6 is 0 Å². The molecule has 0 saturated heterocycles. The summed E-state index contributed by atoms with van der Waals surface area (Å²) in [5, 5.41) is 11.1. The van der Waals surface area contributed by atoms with Gasteiger partial charge in [0.25, 0.3) is 0 Å². The second-order valence-corrected chi connectivity index (χ2v) is 8.57. The van der Waals surface area contributed by atoms with Gasteiger partial charge in [-0.3, -0.25) is 0 Å². The largest absolute Gasteiger partial charge is 0.455 e. The Morgan fingerprint density at radius 3 is 2.10 bits per heavy atom. The summed E-state index contributed by atoms with van der Waals surface area (Å²) in [7, 11) is 0. The SMILES string of the molecule is C=C(C)C(=O)OC12CC3(C)CC(C)(CC(O)(C3)C1C)C2. The van der Waals surface area contributed by atoms with Crippen LogP contribution in [0.1, 0.15) is 59.8 Å². The highest BCUT2D eigenvalue weighted by atomic mass is 16.6. The van der Waals surface area contributed by atoms with Gasteiger partial charge >= 0.3 is 5.97 Å². The third-order valence-electron chi connectivity index (χ3n) is 6.01. The maximum Gasteiger partial charge on any atom is 0.333 e. The van der Waals surface area contributed by atoms with E-state index >= 15 is 0 Å². The molecule has 4 rings (SSSR count). The standard InChI is InChI=1S/C17H26O3/c1-11(2)13(18)20-17-9-14(4)6-15(5,10-17)8-16(19,7-14)12(17)3/h12,19H,1,6-10H2,2-5H3. The van der Waals surface area contributed by atoms with Crippen LogP contribution < -0.4 is 0 Å². The number of aliphatic hydroxyl groups is 1. The fourth-order valence-corrected chi connectivity index (χ4v) is 5.99. The Hall–Kier alpha value is -0.830. The van der Waals surface area contributed by atoms with E-state index in [1.54, 1.807) is 6.92 Å². The van der Waals surface area contributed by atoms with Crippen LogP contribution in [0.5, 0.6) is 0 Å². The number of hydrogen-bond acceptors (Lipinski definition) is 3. The van der Waals surface area contributed by atoms with Crippen molar-refractivity contribution in [3.05, 3.63) is 12.2 Å². The summed E-state index contributed by atoms with van der Waals surface area (Å²) in [5.74, 6) is -0.311. The van der Waals surface area contributed by atoms with E-state index in [9.17, 15) is 9.90 Å². The molecule has 20 heavy (non-hydrogen) atoms. The molecule has 0 aromatic rings. The van der Waals surface area contributed by atoms with Crippen LogP contribution in [0.25, 0.3) is 0 Å². The van der Waals surface area contributed by atoms with Gasteiger partial charge in [-0.15, -0.1) is 0 Å². The monoisotopic (exact) mass is 278 g/mol. The van der Waals surface area contributed by atoms with E-state index in [2.05, 4.69) is 27.4 Å². The molecule has 0 heterocycles. The van der Waals surface area contributed by atoms with Gasteiger partial charge in [0.2, 0.25) is 0 Å². The van der Waals surface area contributed by atoms with Crippen molar-refractivity contribution in [2.24, 2.45) is 16.7 Å². The molecule has 3 heteroatoms. The zero-order chi connectivity index (χ0) is 15.0. The molecule has 4 aliphatic rings. The number of carbonyl (C=O) groups is 1. The normalized spacial score (nSPS) is 53.0. The quantitative estimate of drug-likeness (QED) is 0.623. The van der Waals surface area contributed by atoms with Gasteiger partial charge in [-0.1, -0.05) is 27.4 Å². The lowest BCUT2D eigenvalue weighted by Gasteiger charge is -2.69. The first kappa shape index (κ1) is 14.1. The Balaban J connectivity index is 2.02. The minimum absolute atomic E-state index is 0.000231. The molecule has 0 aromatic carbocycles. The van der Waals surface area contributed by atoms with E-state index in [-0.39, 0.29) is 22.7 Å². The smallest absolute Gasteiger partial charge is 0.333 e. The Kier molecular flexibility index (Phi) is 2.60. The number of hydrogen-bond donors (Lipinski definition) is 1. The topological polar surface area (TPSA) is 46.5 Å². The lowest BCUT2D eigenvalue weighted by molar-refractivity contribution is -0.289. The van der Waals surface area contributed by atoms with Crippen LogP contribution in [0, 0.1) is 16.7 Å². The first-order valence-corrected chi connectivity index (χ1v) is 7.63. The lowest BCUT2D eigenvalue weighted by Crippen LogP contribution is -2.71. The molecule has 4 bridgehead atoms. The maximum absolute atomic E-state index is 12.1. The summed E-state index contributed by atoms with van der Waals surface area (Å²) in [6.07, 6.45) is 4.55. The molecule has 0 spiro atoms. The molecule has 0 aromatic heterocycles. The van der Waals surface area contributed by atoms with Crippen LogP contribution in [-0.2, 0) is 9.53 Å². The summed E-state index contributed by atoms with van der Waals surface area (Å²) in [6, 6.07) is 0. The highest BCUT2D eigenvalue weighted by molar-refractivity contribution is 5.87. The van der Waals surface area contributed by atoms with E-state index in [1.165, 1.54) is 0 Å². The average molecular weight is 278 g/mol. The van der Waals surface area contributed by atoms with E-state index in [1.807, 2.05) is 0 Å². The van der Waals surface area contributed by atoms with Gasteiger partial charge < -0.3 is 9.84 Å².